The van der Waals surface area contributed by atoms with E-state index in [0.29, 0.717) is 11.5 Å². The molecule has 0 radical (unpaired) electrons. The fourth-order valence-corrected chi connectivity index (χ4v) is 2.63. The molecule has 0 spiro atoms. The van der Waals surface area contributed by atoms with Crippen molar-refractivity contribution in [3.8, 4) is 11.3 Å². The first-order valence-corrected chi connectivity index (χ1v) is 7.74. The number of aromatic nitrogens is 3. The van der Waals surface area contributed by atoms with E-state index < -0.39 is 0 Å². The smallest absolute Gasteiger partial charge is 0.336 e. The summed E-state index contributed by atoms with van der Waals surface area (Å²) in [5, 5.41) is 4.04. The maximum Gasteiger partial charge on any atom is 0.336 e. The van der Waals surface area contributed by atoms with Gasteiger partial charge in [-0.3, -0.25) is 4.98 Å². The Labute approximate surface area is 143 Å². The van der Waals surface area contributed by atoms with Crippen LogP contribution in [0.2, 0.25) is 0 Å². The highest BCUT2D eigenvalue weighted by atomic mass is 16.4. The Balaban J connectivity index is 1.69. The second kappa shape index (κ2) is 6.16. The fourth-order valence-electron chi connectivity index (χ4n) is 2.63. The predicted molar refractivity (Wildman–Crippen MR) is 95.8 cm³/mol. The van der Waals surface area contributed by atoms with E-state index in [0.717, 1.165) is 27.9 Å². The highest BCUT2D eigenvalue weighted by molar-refractivity contribution is 5.83. The van der Waals surface area contributed by atoms with Crippen LogP contribution < -0.4 is 10.9 Å². The van der Waals surface area contributed by atoms with Crippen molar-refractivity contribution in [3.63, 3.8) is 0 Å². The van der Waals surface area contributed by atoms with Crippen molar-refractivity contribution in [3.05, 3.63) is 77.0 Å². The number of fused-ring (bicyclic) bond motifs is 1. The zero-order chi connectivity index (χ0) is 17.2. The average Bonchev–Trinajstić information content (AvgIpc) is 2.62. The lowest BCUT2D eigenvalue weighted by molar-refractivity contribution is 0.560. The molecule has 25 heavy (non-hydrogen) atoms. The maximum absolute atomic E-state index is 11.6. The summed E-state index contributed by atoms with van der Waals surface area (Å²) in [5.74, 6) is 0.462. The normalized spacial score (nSPS) is 10.8. The molecule has 0 aliphatic carbocycles. The molecule has 6 nitrogen and oxygen atoms in total. The lowest BCUT2D eigenvalue weighted by Crippen LogP contribution is -2.00. The molecule has 4 aromatic rings. The molecular weight excluding hydrogens is 316 g/mol. The molecule has 0 unspecified atom stereocenters. The van der Waals surface area contributed by atoms with Gasteiger partial charge in [-0.05, 0) is 42.8 Å². The van der Waals surface area contributed by atoms with E-state index in [2.05, 4.69) is 20.3 Å². The quantitative estimate of drug-likeness (QED) is 0.577. The number of hydrogen-bond donors (Lipinski definition) is 1. The van der Waals surface area contributed by atoms with Gasteiger partial charge in [0.1, 0.15) is 5.58 Å². The molecule has 3 heterocycles. The minimum Gasteiger partial charge on any atom is -0.423 e. The summed E-state index contributed by atoms with van der Waals surface area (Å²) in [6.45, 7) is 1.88. The number of pyridine rings is 1. The third kappa shape index (κ3) is 3.10. The van der Waals surface area contributed by atoms with Crippen LogP contribution in [-0.2, 0) is 0 Å². The van der Waals surface area contributed by atoms with Crippen molar-refractivity contribution in [2.45, 2.75) is 6.92 Å². The molecule has 0 aliphatic heterocycles. The number of nitrogens with zero attached hydrogens (tertiary/aromatic N) is 3. The second-order valence-electron chi connectivity index (χ2n) is 5.59. The van der Waals surface area contributed by atoms with Crippen LogP contribution in [0.25, 0.3) is 22.2 Å². The number of aryl methyl sites for hydroxylation is 1. The van der Waals surface area contributed by atoms with Crippen LogP contribution in [0.3, 0.4) is 0 Å². The fraction of sp³-hybridized carbons (Fsp3) is 0.0526. The Morgan fingerprint density at radius 2 is 1.84 bits per heavy atom. The van der Waals surface area contributed by atoms with Crippen LogP contribution in [-0.4, -0.2) is 15.0 Å². The molecule has 122 valence electrons. The van der Waals surface area contributed by atoms with E-state index in [9.17, 15) is 4.79 Å². The van der Waals surface area contributed by atoms with E-state index >= 15 is 0 Å². The first-order valence-electron chi connectivity index (χ1n) is 7.74. The standard InChI is InChI=1S/C19H14N4O2/c1-12-10-18(24)25-17-11-14(2-3-15(12)17)22-19-21-9-6-16(23-19)13-4-7-20-8-5-13/h2-11H,1H3,(H,21,22,23). The SMILES string of the molecule is Cc1cc(=O)oc2cc(Nc3nccc(-c4ccncc4)n3)ccc12. The van der Waals surface area contributed by atoms with E-state index in [1.54, 1.807) is 24.7 Å². The van der Waals surface area contributed by atoms with Gasteiger partial charge in [0, 0.05) is 47.4 Å². The average molecular weight is 330 g/mol. The van der Waals surface area contributed by atoms with E-state index in [4.69, 9.17) is 4.42 Å². The second-order valence-corrected chi connectivity index (χ2v) is 5.59. The third-order valence-electron chi connectivity index (χ3n) is 3.84. The van der Waals surface area contributed by atoms with Crippen molar-refractivity contribution in [1.29, 1.82) is 0 Å². The monoisotopic (exact) mass is 330 g/mol. The number of hydrogen-bond acceptors (Lipinski definition) is 6. The number of benzene rings is 1. The first-order chi connectivity index (χ1) is 12.2. The molecule has 6 heteroatoms. The van der Waals surface area contributed by atoms with E-state index in [1.807, 2.05) is 37.3 Å². The zero-order valence-corrected chi connectivity index (χ0v) is 13.4. The summed E-state index contributed by atoms with van der Waals surface area (Å²) in [7, 11) is 0. The minimum absolute atomic E-state index is 0.363. The van der Waals surface area contributed by atoms with Gasteiger partial charge in [-0.15, -0.1) is 0 Å². The van der Waals surface area contributed by atoms with Crippen LogP contribution in [0.1, 0.15) is 5.56 Å². The van der Waals surface area contributed by atoms with Crippen LogP contribution in [0.5, 0.6) is 0 Å². The Morgan fingerprint density at radius 1 is 1.00 bits per heavy atom. The topological polar surface area (TPSA) is 80.9 Å². The number of rotatable bonds is 3. The molecule has 3 aromatic heterocycles. The van der Waals surface area contributed by atoms with Gasteiger partial charge in [0.25, 0.3) is 0 Å². The summed E-state index contributed by atoms with van der Waals surface area (Å²) in [4.78, 5) is 24.3. The van der Waals surface area contributed by atoms with Crippen LogP contribution in [0, 0.1) is 6.92 Å². The molecule has 0 saturated carbocycles. The summed E-state index contributed by atoms with van der Waals surface area (Å²) in [6.07, 6.45) is 5.13. The lowest BCUT2D eigenvalue weighted by Gasteiger charge is -2.08. The van der Waals surface area contributed by atoms with Gasteiger partial charge in [0.05, 0.1) is 5.69 Å². The highest BCUT2D eigenvalue weighted by Crippen LogP contribution is 2.23. The summed E-state index contributed by atoms with van der Waals surface area (Å²) >= 11 is 0. The molecule has 0 amide bonds. The van der Waals surface area contributed by atoms with Crippen molar-refractivity contribution in [1.82, 2.24) is 15.0 Å². The Hall–Kier alpha value is -3.54. The van der Waals surface area contributed by atoms with Gasteiger partial charge >= 0.3 is 5.63 Å². The van der Waals surface area contributed by atoms with Crippen LogP contribution in [0.15, 0.2) is 70.3 Å². The summed E-state index contributed by atoms with van der Waals surface area (Å²) in [5.41, 5.74) is 3.55. The Bertz CT molecular complexity index is 1110. The van der Waals surface area contributed by atoms with Gasteiger partial charge in [0.15, 0.2) is 0 Å². The molecular formula is C19H14N4O2. The van der Waals surface area contributed by atoms with Crippen molar-refractivity contribution in [2.24, 2.45) is 0 Å². The summed E-state index contributed by atoms with van der Waals surface area (Å²) < 4.78 is 5.27. The maximum atomic E-state index is 11.6. The third-order valence-corrected chi connectivity index (χ3v) is 3.84. The van der Waals surface area contributed by atoms with E-state index in [-0.39, 0.29) is 5.63 Å². The molecule has 1 aromatic carbocycles. The number of nitrogens with one attached hydrogen (secondary N) is 1. The summed E-state index contributed by atoms with van der Waals surface area (Å²) in [6, 6.07) is 12.7. The minimum atomic E-state index is -0.363. The molecule has 0 atom stereocenters. The van der Waals surface area contributed by atoms with Crippen LogP contribution >= 0.6 is 0 Å². The molecule has 0 aliphatic rings. The largest absolute Gasteiger partial charge is 0.423 e. The lowest BCUT2D eigenvalue weighted by atomic mass is 10.1. The van der Waals surface area contributed by atoms with Gasteiger partial charge in [-0.2, -0.15) is 0 Å². The van der Waals surface area contributed by atoms with Crippen LogP contribution in [0.4, 0.5) is 11.6 Å². The zero-order valence-electron chi connectivity index (χ0n) is 13.4. The molecule has 0 bridgehead atoms. The number of anilines is 2. The predicted octanol–water partition coefficient (Wildman–Crippen LogP) is 3.70. The van der Waals surface area contributed by atoms with Gasteiger partial charge in [-0.1, -0.05) is 0 Å². The Kier molecular flexibility index (Phi) is 3.70. The van der Waals surface area contributed by atoms with Crippen molar-refractivity contribution < 1.29 is 4.42 Å². The van der Waals surface area contributed by atoms with Crippen molar-refractivity contribution in [2.75, 3.05) is 5.32 Å². The van der Waals surface area contributed by atoms with E-state index in [1.165, 1.54) is 6.07 Å². The molecule has 1 N–H and O–H groups in total. The molecule has 0 saturated heterocycles. The van der Waals surface area contributed by atoms with Gasteiger partial charge < -0.3 is 9.73 Å². The first kappa shape index (κ1) is 15.0. The van der Waals surface area contributed by atoms with Gasteiger partial charge in [0.2, 0.25) is 5.95 Å². The molecule has 0 fully saturated rings. The van der Waals surface area contributed by atoms with Crippen molar-refractivity contribution >= 4 is 22.6 Å². The Morgan fingerprint density at radius 3 is 2.68 bits per heavy atom. The van der Waals surface area contributed by atoms with Gasteiger partial charge in [-0.25, -0.2) is 14.8 Å². The highest BCUT2D eigenvalue weighted by Gasteiger charge is 2.06. The molecule has 4 rings (SSSR count).